The van der Waals surface area contributed by atoms with Gasteiger partial charge in [-0.1, -0.05) is 6.92 Å². The number of piperidine rings is 1. The van der Waals surface area contributed by atoms with Gasteiger partial charge < -0.3 is 10.1 Å². The van der Waals surface area contributed by atoms with Crippen LogP contribution in [0.1, 0.15) is 49.5 Å². The van der Waals surface area contributed by atoms with E-state index in [9.17, 15) is 4.79 Å². The summed E-state index contributed by atoms with van der Waals surface area (Å²) < 4.78 is 7.05. The molecule has 0 spiro atoms. The molecule has 0 aliphatic carbocycles. The lowest BCUT2D eigenvalue weighted by Crippen LogP contribution is -2.30. The van der Waals surface area contributed by atoms with Gasteiger partial charge in [-0.3, -0.25) is 9.48 Å². The molecule has 2 rings (SSSR count). The van der Waals surface area contributed by atoms with Crippen LogP contribution in [0.2, 0.25) is 0 Å². The van der Waals surface area contributed by atoms with Gasteiger partial charge in [-0.15, -0.1) is 0 Å². The summed E-state index contributed by atoms with van der Waals surface area (Å²) >= 11 is 0. The van der Waals surface area contributed by atoms with E-state index in [0.717, 1.165) is 32.5 Å². The Balaban J connectivity index is 1.98. The molecule has 1 aromatic heterocycles. The first kappa shape index (κ1) is 15.0. The summed E-state index contributed by atoms with van der Waals surface area (Å²) in [4.78, 5) is 12.5. The van der Waals surface area contributed by atoms with Crippen molar-refractivity contribution in [3.63, 3.8) is 0 Å². The standard InChI is InChI=1S/C15H25N3O2/c1-3-9-18-15(14(20-2)11-17-18)13(19)7-6-12-5-4-8-16-10-12/h11-12,16H,3-10H2,1-2H3. The SMILES string of the molecule is CCCn1ncc(OC)c1C(=O)CCC1CCCNC1. The third kappa shape index (κ3) is 3.60. The highest BCUT2D eigenvalue weighted by Gasteiger charge is 2.21. The van der Waals surface area contributed by atoms with Crippen LogP contribution in [0.3, 0.4) is 0 Å². The monoisotopic (exact) mass is 279 g/mol. The molecule has 0 amide bonds. The summed E-state index contributed by atoms with van der Waals surface area (Å²) in [5, 5.41) is 7.65. The van der Waals surface area contributed by atoms with Crippen molar-refractivity contribution in [2.75, 3.05) is 20.2 Å². The van der Waals surface area contributed by atoms with Crippen LogP contribution < -0.4 is 10.1 Å². The predicted octanol–water partition coefficient (Wildman–Crippen LogP) is 2.26. The minimum absolute atomic E-state index is 0.151. The van der Waals surface area contributed by atoms with Gasteiger partial charge in [0.15, 0.2) is 11.5 Å². The predicted molar refractivity (Wildman–Crippen MR) is 78.2 cm³/mol. The number of Topliss-reactive ketones (excluding diaryl/α,β-unsaturated/α-hetero) is 1. The summed E-state index contributed by atoms with van der Waals surface area (Å²) in [5.41, 5.74) is 0.637. The molecule has 1 aliphatic heterocycles. The Morgan fingerprint density at radius 2 is 2.45 bits per heavy atom. The highest BCUT2D eigenvalue weighted by Crippen LogP contribution is 2.23. The molecule has 5 heteroatoms. The smallest absolute Gasteiger partial charge is 0.184 e. The normalized spacial score (nSPS) is 19.0. The number of carbonyl (C=O) groups is 1. The minimum Gasteiger partial charge on any atom is -0.493 e. The molecule has 2 heterocycles. The van der Waals surface area contributed by atoms with Crippen LogP contribution in [0.5, 0.6) is 5.75 Å². The van der Waals surface area contributed by atoms with Crippen molar-refractivity contribution in [1.29, 1.82) is 0 Å². The molecule has 1 N–H and O–H groups in total. The molecular formula is C15H25N3O2. The number of ether oxygens (including phenoxy) is 1. The van der Waals surface area contributed by atoms with Crippen LogP contribution in [0.15, 0.2) is 6.20 Å². The van der Waals surface area contributed by atoms with Crippen molar-refractivity contribution >= 4 is 5.78 Å². The van der Waals surface area contributed by atoms with E-state index in [4.69, 9.17) is 4.74 Å². The van der Waals surface area contributed by atoms with Gasteiger partial charge in [0.05, 0.1) is 13.3 Å². The average molecular weight is 279 g/mol. The fourth-order valence-electron chi connectivity index (χ4n) is 2.80. The Morgan fingerprint density at radius 1 is 1.60 bits per heavy atom. The number of aromatic nitrogens is 2. The lowest BCUT2D eigenvalue weighted by Gasteiger charge is -2.22. The van der Waals surface area contributed by atoms with Gasteiger partial charge in [-0.2, -0.15) is 5.10 Å². The van der Waals surface area contributed by atoms with Crippen molar-refractivity contribution in [3.8, 4) is 5.75 Å². The topological polar surface area (TPSA) is 56.2 Å². The third-order valence-corrected chi connectivity index (χ3v) is 3.90. The molecule has 112 valence electrons. The van der Waals surface area contributed by atoms with Gasteiger partial charge in [-0.05, 0) is 44.7 Å². The number of aryl methyl sites for hydroxylation is 1. The number of hydrogen-bond donors (Lipinski definition) is 1. The highest BCUT2D eigenvalue weighted by atomic mass is 16.5. The Morgan fingerprint density at radius 3 is 3.10 bits per heavy atom. The lowest BCUT2D eigenvalue weighted by molar-refractivity contribution is 0.0957. The van der Waals surface area contributed by atoms with E-state index in [1.807, 2.05) is 0 Å². The first-order valence-electron chi connectivity index (χ1n) is 7.60. The minimum atomic E-state index is 0.151. The molecule has 1 fully saturated rings. The highest BCUT2D eigenvalue weighted by molar-refractivity contribution is 5.97. The maximum atomic E-state index is 12.5. The van der Waals surface area contributed by atoms with Gasteiger partial charge >= 0.3 is 0 Å². The fraction of sp³-hybridized carbons (Fsp3) is 0.733. The van der Waals surface area contributed by atoms with Crippen LogP contribution in [-0.2, 0) is 6.54 Å². The molecule has 0 saturated carbocycles. The number of carbonyl (C=O) groups excluding carboxylic acids is 1. The Kier molecular flexibility index (Phi) is 5.59. The lowest BCUT2D eigenvalue weighted by atomic mass is 9.93. The molecule has 0 aromatic carbocycles. The Hall–Kier alpha value is -1.36. The Bertz CT molecular complexity index is 436. The summed E-state index contributed by atoms with van der Waals surface area (Å²) in [7, 11) is 1.59. The molecule has 0 bridgehead atoms. The summed E-state index contributed by atoms with van der Waals surface area (Å²) in [5.74, 6) is 1.38. The quantitative estimate of drug-likeness (QED) is 0.778. The largest absolute Gasteiger partial charge is 0.493 e. The Labute approximate surface area is 120 Å². The number of ketones is 1. The van der Waals surface area contributed by atoms with Crippen molar-refractivity contribution in [1.82, 2.24) is 15.1 Å². The van der Waals surface area contributed by atoms with Gasteiger partial charge in [-0.25, -0.2) is 0 Å². The van der Waals surface area contributed by atoms with E-state index >= 15 is 0 Å². The van der Waals surface area contributed by atoms with Crippen molar-refractivity contribution in [3.05, 3.63) is 11.9 Å². The number of rotatable bonds is 7. The molecule has 1 aromatic rings. The van der Waals surface area contributed by atoms with Gasteiger partial charge in [0.1, 0.15) is 5.69 Å². The first-order chi connectivity index (χ1) is 9.76. The van der Waals surface area contributed by atoms with Crippen molar-refractivity contribution in [2.24, 2.45) is 5.92 Å². The molecule has 20 heavy (non-hydrogen) atoms. The average Bonchev–Trinajstić information content (AvgIpc) is 2.89. The summed E-state index contributed by atoms with van der Waals surface area (Å²) in [6.45, 7) is 4.99. The molecule has 1 atom stereocenters. The zero-order valence-corrected chi connectivity index (χ0v) is 12.5. The number of nitrogens with one attached hydrogen (secondary N) is 1. The maximum Gasteiger partial charge on any atom is 0.184 e. The van der Waals surface area contributed by atoms with Crippen LogP contribution in [-0.4, -0.2) is 35.8 Å². The van der Waals surface area contributed by atoms with E-state index in [0.29, 0.717) is 23.8 Å². The van der Waals surface area contributed by atoms with E-state index in [-0.39, 0.29) is 5.78 Å². The van der Waals surface area contributed by atoms with E-state index in [1.54, 1.807) is 18.0 Å². The number of nitrogens with zero attached hydrogens (tertiary/aromatic N) is 2. The molecule has 5 nitrogen and oxygen atoms in total. The number of hydrogen-bond acceptors (Lipinski definition) is 4. The fourth-order valence-corrected chi connectivity index (χ4v) is 2.80. The van der Waals surface area contributed by atoms with Crippen LogP contribution >= 0.6 is 0 Å². The van der Waals surface area contributed by atoms with Crippen LogP contribution in [0.4, 0.5) is 0 Å². The van der Waals surface area contributed by atoms with Gasteiger partial charge in [0.2, 0.25) is 0 Å². The molecule has 1 aliphatic rings. The van der Waals surface area contributed by atoms with Crippen LogP contribution in [0, 0.1) is 5.92 Å². The number of methoxy groups -OCH3 is 1. The van der Waals surface area contributed by atoms with Gasteiger partial charge in [0.25, 0.3) is 0 Å². The molecule has 1 saturated heterocycles. The third-order valence-electron chi connectivity index (χ3n) is 3.90. The van der Waals surface area contributed by atoms with Crippen molar-refractivity contribution < 1.29 is 9.53 Å². The van der Waals surface area contributed by atoms with Crippen molar-refractivity contribution in [2.45, 2.75) is 45.6 Å². The van der Waals surface area contributed by atoms with Gasteiger partial charge in [0, 0.05) is 13.0 Å². The molecular weight excluding hydrogens is 254 g/mol. The summed E-state index contributed by atoms with van der Waals surface area (Å²) in [6, 6.07) is 0. The second-order valence-electron chi connectivity index (χ2n) is 5.46. The zero-order valence-electron chi connectivity index (χ0n) is 12.5. The van der Waals surface area contributed by atoms with E-state index in [2.05, 4.69) is 17.3 Å². The molecule has 0 radical (unpaired) electrons. The van der Waals surface area contributed by atoms with Crippen LogP contribution in [0.25, 0.3) is 0 Å². The second kappa shape index (κ2) is 7.43. The van der Waals surface area contributed by atoms with E-state index in [1.165, 1.54) is 12.8 Å². The summed E-state index contributed by atoms with van der Waals surface area (Å²) in [6.07, 6.45) is 6.58. The maximum absolute atomic E-state index is 12.5. The second-order valence-corrected chi connectivity index (χ2v) is 5.46. The van der Waals surface area contributed by atoms with E-state index < -0.39 is 0 Å². The first-order valence-corrected chi connectivity index (χ1v) is 7.60. The zero-order chi connectivity index (χ0) is 14.4. The molecule has 1 unspecified atom stereocenters.